The number of nitrogens with zero attached hydrogens (tertiary/aromatic N) is 1. The highest BCUT2D eigenvalue weighted by Crippen LogP contribution is 2.42. The molecule has 1 saturated heterocycles. The number of alkyl halides is 3. The molecule has 2 aromatic carbocycles. The van der Waals surface area contributed by atoms with Crippen molar-refractivity contribution in [3.05, 3.63) is 57.1 Å². The number of nitrogens with one attached hydrogen (secondary N) is 3. The van der Waals surface area contributed by atoms with Crippen molar-refractivity contribution in [2.24, 2.45) is 0 Å². The van der Waals surface area contributed by atoms with E-state index < -0.39 is 39.8 Å². The Hall–Kier alpha value is -2.86. The molecule has 18 heteroatoms. The van der Waals surface area contributed by atoms with Crippen molar-refractivity contribution in [1.82, 2.24) is 20.3 Å². The molecule has 3 atom stereocenters. The number of rotatable bonds is 14. The maximum Gasteiger partial charge on any atom is 0.471 e. The molecule has 1 aliphatic heterocycles. The number of aromatic hydroxyl groups is 1. The lowest BCUT2D eigenvalue weighted by Crippen LogP contribution is -2.53. The standard InChI is InChI=1S/C33H43Cl2F3N4O8S/c1-32(2,3)50-31(45)41-22-4-6-28(42(19-22)23-15-20-14-21(34)16-27(35)25(20)17-23)26-18-24(5-7-29(26)43)51(46,47)40-9-11-49-13-12-48-10-8-39-30(44)33(36,37)38/h5,7,14,16,18,22-23,28,40,43H,4,6,8-13,15,17,19H2,1-3H3,(H,39,44)(H,41,45). The van der Waals surface area contributed by atoms with E-state index in [1.54, 1.807) is 32.2 Å². The number of alkyl carbamates (subject to hydrolysis) is 1. The summed E-state index contributed by atoms with van der Waals surface area (Å²) in [4.78, 5) is 25.5. The van der Waals surface area contributed by atoms with Crippen molar-refractivity contribution in [3.63, 3.8) is 0 Å². The number of ether oxygens (including phenoxy) is 3. The number of benzene rings is 2. The van der Waals surface area contributed by atoms with Crippen LogP contribution >= 0.6 is 23.2 Å². The number of piperidine rings is 1. The number of amides is 2. The van der Waals surface area contributed by atoms with Gasteiger partial charge >= 0.3 is 18.2 Å². The summed E-state index contributed by atoms with van der Waals surface area (Å²) in [5.74, 6) is -2.12. The summed E-state index contributed by atoms with van der Waals surface area (Å²) in [6.07, 6.45) is -3.25. The zero-order valence-electron chi connectivity index (χ0n) is 28.4. The minimum atomic E-state index is -4.96. The molecule has 0 radical (unpaired) electrons. The molecule has 12 nitrogen and oxygen atoms in total. The second-order valence-electron chi connectivity index (χ2n) is 13.3. The molecule has 0 spiro atoms. The SMILES string of the molecule is CC(C)(C)OC(=O)NC1CCC(c2cc(S(=O)(=O)NCCOCCOCCNC(=O)C(F)(F)F)ccc2O)N(C2Cc3cc(Cl)cc(Cl)c3C2)C1. The highest BCUT2D eigenvalue weighted by atomic mass is 35.5. The number of likely N-dealkylation sites (tertiary alicyclic amines) is 1. The monoisotopic (exact) mass is 782 g/mol. The number of sulfonamides is 1. The molecule has 0 bridgehead atoms. The molecule has 284 valence electrons. The molecule has 2 aromatic rings. The van der Waals surface area contributed by atoms with E-state index in [-0.39, 0.29) is 62.2 Å². The van der Waals surface area contributed by atoms with Crippen molar-refractivity contribution >= 4 is 45.2 Å². The molecule has 1 fully saturated rings. The number of carbonyl (C=O) groups is 2. The maximum absolute atomic E-state index is 13.3. The zero-order chi connectivity index (χ0) is 37.6. The quantitative estimate of drug-likeness (QED) is 0.196. The summed E-state index contributed by atoms with van der Waals surface area (Å²) in [5.41, 5.74) is 1.72. The van der Waals surface area contributed by atoms with Crippen LogP contribution < -0.4 is 15.4 Å². The largest absolute Gasteiger partial charge is 0.508 e. The van der Waals surface area contributed by atoms with Gasteiger partial charge in [-0.1, -0.05) is 23.2 Å². The smallest absolute Gasteiger partial charge is 0.471 e. The van der Waals surface area contributed by atoms with E-state index in [2.05, 4.69) is 14.9 Å². The molecule has 2 aliphatic rings. The second-order valence-corrected chi connectivity index (χ2v) is 15.9. The van der Waals surface area contributed by atoms with Crippen LogP contribution in [0.2, 0.25) is 10.0 Å². The van der Waals surface area contributed by atoms with Crippen LogP contribution in [-0.4, -0.2) is 100 Å². The van der Waals surface area contributed by atoms with Crippen molar-refractivity contribution in [2.75, 3.05) is 46.1 Å². The Morgan fingerprint density at radius 2 is 1.67 bits per heavy atom. The van der Waals surface area contributed by atoms with Crippen LogP contribution in [-0.2, 0) is 41.9 Å². The number of fused-ring (bicyclic) bond motifs is 1. The number of phenols is 1. The molecular weight excluding hydrogens is 740 g/mol. The first kappa shape index (κ1) is 40.9. The van der Waals surface area contributed by atoms with Crippen LogP contribution in [0.4, 0.5) is 18.0 Å². The Balaban J connectivity index is 1.38. The van der Waals surface area contributed by atoms with Crippen LogP contribution in [0.25, 0.3) is 0 Å². The van der Waals surface area contributed by atoms with Gasteiger partial charge in [-0.2, -0.15) is 13.2 Å². The van der Waals surface area contributed by atoms with E-state index in [0.29, 0.717) is 47.8 Å². The average Bonchev–Trinajstić information content (AvgIpc) is 3.45. The molecule has 2 amide bonds. The molecule has 1 heterocycles. The minimum absolute atomic E-state index is 0.0183. The van der Waals surface area contributed by atoms with E-state index in [4.69, 9.17) is 37.4 Å². The van der Waals surface area contributed by atoms with Crippen molar-refractivity contribution in [2.45, 2.75) is 81.3 Å². The third-order valence-electron chi connectivity index (χ3n) is 8.33. The molecule has 0 aromatic heterocycles. The van der Waals surface area contributed by atoms with Gasteiger partial charge in [-0.05, 0) is 87.9 Å². The van der Waals surface area contributed by atoms with Crippen molar-refractivity contribution in [3.8, 4) is 5.75 Å². The number of halogens is 5. The lowest BCUT2D eigenvalue weighted by atomic mass is 9.90. The summed E-state index contributed by atoms with van der Waals surface area (Å²) in [7, 11) is -4.03. The molecule has 1 aliphatic carbocycles. The molecule has 4 rings (SSSR count). The van der Waals surface area contributed by atoms with Crippen molar-refractivity contribution in [1.29, 1.82) is 0 Å². The van der Waals surface area contributed by atoms with Gasteiger partial charge in [0, 0.05) is 53.4 Å². The summed E-state index contributed by atoms with van der Waals surface area (Å²) >= 11 is 12.9. The van der Waals surface area contributed by atoms with Gasteiger partial charge in [0.25, 0.3) is 0 Å². The van der Waals surface area contributed by atoms with Gasteiger partial charge in [-0.3, -0.25) is 9.69 Å². The van der Waals surface area contributed by atoms with E-state index in [9.17, 15) is 36.3 Å². The maximum atomic E-state index is 13.3. The van der Waals surface area contributed by atoms with Gasteiger partial charge in [-0.25, -0.2) is 17.9 Å². The fraction of sp³-hybridized carbons (Fsp3) is 0.576. The zero-order valence-corrected chi connectivity index (χ0v) is 30.8. The first-order chi connectivity index (χ1) is 23.8. The lowest BCUT2D eigenvalue weighted by Gasteiger charge is -2.43. The number of carbonyl (C=O) groups excluding carboxylic acids is 2. The third kappa shape index (κ3) is 11.8. The summed E-state index contributed by atoms with van der Waals surface area (Å²) in [5, 5.41) is 16.8. The first-order valence-corrected chi connectivity index (χ1v) is 18.6. The van der Waals surface area contributed by atoms with Gasteiger partial charge in [0.15, 0.2) is 0 Å². The number of hydrogen-bond donors (Lipinski definition) is 4. The van der Waals surface area contributed by atoms with E-state index >= 15 is 0 Å². The van der Waals surface area contributed by atoms with Crippen LogP contribution in [0, 0.1) is 0 Å². The summed E-state index contributed by atoms with van der Waals surface area (Å²) in [6.45, 7) is 5.23. The first-order valence-electron chi connectivity index (χ1n) is 16.4. The molecule has 0 saturated carbocycles. The minimum Gasteiger partial charge on any atom is -0.508 e. The molecule has 51 heavy (non-hydrogen) atoms. The van der Waals surface area contributed by atoms with E-state index in [1.807, 2.05) is 6.07 Å². The second kappa shape index (κ2) is 17.3. The predicted molar refractivity (Wildman–Crippen MR) is 183 cm³/mol. The normalized spacial score (nSPS) is 19.8. The fourth-order valence-electron chi connectivity index (χ4n) is 6.15. The van der Waals surface area contributed by atoms with Gasteiger partial charge < -0.3 is 30.0 Å². The summed E-state index contributed by atoms with van der Waals surface area (Å²) in [6, 6.07) is 6.95. The highest BCUT2D eigenvalue weighted by molar-refractivity contribution is 7.89. The van der Waals surface area contributed by atoms with Gasteiger partial charge in [0.2, 0.25) is 10.0 Å². The van der Waals surface area contributed by atoms with E-state index in [1.165, 1.54) is 18.2 Å². The lowest BCUT2D eigenvalue weighted by molar-refractivity contribution is -0.173. The Labute approximate surface area is 305 Å². The van der Waals surface area contributed by atoms with Gasteiger partial charge in [0.05, 0.1) is 31.3 Å². The van der Waals surface area contributed by atoms with Crippen LogP contribution in [0.15, 0.2) is 35.2 Å². The highest BCUT2D eigenvalue weighted by Gasteiger charge is 2.40. The van der Waals surface area contributed by atoms with Gasteiger partial charge in [0.1, 0.15) is 11.4 Å². The Morgan fingerprint density at radius 3 is 2.33 bits per heavy atom. The average molecular weight is 784 g/mol. The van der Waals surface area contributed by atoms with Crippen LogP contribution in [0.1, 0.15) is 56.3 Å². The summed E-state index contributed by atoms with van der Waals surface area (Å²) < 4.78 is 81.5. The fourth-order valence-corrected chi connectivity index (χ4v) is 7.81. The van der Waals surface area contributed by atoms with Crippen LogP contribution in [0.3, 0.4) is 0 Å². The van der Waals surface area contributed by atoms with Gasteiger partial charge in [-0.15, -0.1) is 0 Å². The molecule has 3 unspecified atom stereocenters. The Bertz CT molecular complexity index is 1660. The number of hydrogen-bond acceptors (Lipinski definition) is 9. The Kier molecular flexibility index (Phi) is 13.9. The van der Waals surface area contributed by atoms with E-state index in [0.717, 1.165) is 11.1 Å². The molecular formula is C33H43Cl2F3N4O8S. The van der Waals surface area contributed by atoms with Crippen molar-refractivity contribution < 1.29 is 50.5 Å². The third-order valence-corrected chi connectivity index (χ3v) is 10.3. The Morgan fingerprint density at radius 1 is 0.980 bits per heavy atom. The predicted octanol–water partition coefficient (Wildman–Crippen LogP) is 4.89. The number of phenolic OH excluding ortho intramolecular Hbond substituents is 1. The topological polar surface area (TPSA) is 156 Å². The van der Waals surface area contributed by atoms with Crippen LogP contribution in [0.5, 0.6) is 5.75 Å². The molecule has 4 N–H and O–H groups in total.